The number of hydrogen-bond donors (Lipinski definition) is 1. The van der Waals surface area contributed by atoms with Crippen LogP contribution < -0.4 is 4.74 Å². The summed E-state index contributed by atoms with van der Waals surface area (Å²) in [6.45, 7) is 5.62. The molecule has 0 aliphatic carbocycles. The molecular formula is C21H20F3N3O2. The zero-order valence-corrected chi connectivity index (χ0v) is 16.1. The van der Waals surface area contributed by atoms with Crippen LogP contribution in [0, 0.1) is 5.41 Å². The minimum atomic E-state index is -4.73. The van der Waals surface area contributed by atoms with Crippen LogP contribution in [0.3, 0.4) is 0 Å². The van der Waals surface area contributed by atoms with Crippen molar-refractivity contribution in [2.75, 3.05) is 0 Å². The molecule has 0 radical (unpaired) electrons. The zero-order valence-electron chi connectivity index (χ0n) is 16.1. The van der Waals surface area contributed by atoms with Gasteiger partial charge in [0, 0.05) is 29.6 Å². The Labute approximate surface area is 166 Å². The third-order valence-electron chi connectivity index (χ3n) is 4.57. The molecule has 0 saturated carbocycles. The lowest BCUT2D eigenvalue weighted by molar-refractivity contribution is -0.274. The average molecular weight is 403 g/mol. The Hall–Kier alpha value is -3.00. The van der Waals surface area contributed by atoms with Gasteiger partial charge in [-0.2, -0.15) is 0 Å². The van der Waals surface area contributed by atoms with Gasteiger partial charge in [-0.1, -0.05) is 39.0 Å². The first-order valence-corrected chi connectivity index (χ1v) is 8.82. The lowest BCUT2D eigenvalue weighted by atomic mass is 9.72. The summed E-state index contributed by atoms with van der Waals surface area (Å²) in [4.78, 5) is 12.7. The van der Waals surface area contributed by atoms with Crippen molar-refractivity contribution in [3.8, 4) is 16.9 Å². The molecule has 0 aliphatic rings. The number of aromatic nitrogens is 3. The highest BCUT2D eigenvalue weighted by Gasteiger charge is 2.46. The molecule has 3 rings (SSSR count). The van der Waals surface area contributed by atoms with Gasteiger partial charge >= 0.3 is 6.36 Å². The number of alkyl halides is 3. The maximum atomic E-state index is 12.3. The van der Waals surface area contributed by atoms with Crippen LogP contribution in [0.2, 0.25) is 0 Å². The molecule has 152 valence electrons. The average Bonchev–Trinajstić information content (AvgIpc) is 2.67. The molecule has 0 aliphatic heterocycles. The van der Waals surface area contributed by atoms with E-state index >= 15 is 0 Å². The molecule has 3 aromatic rings. The fourth-order valence-corrected chi connectivity index (χ4v) is 3.01. The van der Waals surface area contributed by atoms with Crippen LogP contribution in [0.5, 0.6) is 5.75 Å². The minimum absolute atomic E-state index is 0.296. The molecule has 1 aromatic carbocycles. The van der Waals surface area contributed by atoms with Crippen molar-refractivity contribution in [2.45, 2.75) is 32.7 Å². The molecule has 0 fully saturated rings. The van der Waals surface area contributed by atoms with E-state index in [1.165, 1.54) is 42.9 Å². The van der Waals surface area contributed by atoms with Crippen molar-refractivity contribution in [1.82, 2.24) is 15.0 Å². The van der Waals surface area contributed by atoms with Crippen LogP contribution in [0.25, 0.3) is 11.1 Å². The number of benzene rings is 1. The van der Waals surface area contributed by atoms with Crippen molar-refractivity contribution in [1.29, 1.82) is 0 Å². The fraction of sp³-hybridized carbons (Fsp3) is 0.286. The van der Waals surface area contributed by atoms with Crippen LogP contribution in [-0.4, -0.2) is 26.4 Å². The second kappa shape index (κ2) is 7.44. The van der Waals surface area contributed by atoms with Gasteiger partial charge in [-0.3, -0.25) is 15.0 Å². The van der Waals surface area contributed by atoms with Crippen molar-refractivity contribution < 1.29 is 23.0 Å². The van der Waals surface area contributed by atoms with E-state index in [0.717, 1.165) is 0 Å². The van der Waals surface area contributed by atoms with E-state index < -0.39 is 17.4 Å². The molecule has 29 heavy (non-hydrogen) atoms. The molecule has 1 N–H and O–H groups in total. The van der Waals surface area contributed by atoms with Gasteiger partial charge in [-0.15, -0.1) is 13.2 Å². The lowest BCUT2D eigenvalue weighted by Gasteiger charge is -2.39. The van der Waals surface area contributed by atoms with Crippen LogP contribution in [0.4, 0.5) is 13.2 Å². The molecule has 8 heteroatoms. The SMILES string of the molecule is CC(C)(C)C(O)(c1ccc(-c2ccc(OC(F)(F)F)cc2)cn1)c1cnccn1. The molecular weight excluding hydrogens is 383 g/mol. The highest BCUT2D eigenvalue weighted by Crippen LogP contribution is 2.43. The molecule has 2 heterocycles. The van der Waals surface area contributed by atoms with E-state index in [4.69, 9.17) is 0 Å². The molecule has 1 atom stereocenters. The van der Waals surface area contributed by atoms with Crippen LogP contribution in [0.1, 0.15) is 32.2 Å². The van der Waals surface area contributed by atoms with Gasteiger partial charge in [0.05, 0.1) is 17.6 Å². The Kier molecular flexibility index (Phi) is 5.32. The summed E-state index contributed by atoms with van der Waals surface area (Å²) >= 11 is 0. The number of nitrogens with zero attached hydrogens (tertiary/aromatic N) is 3. The van der Waals surface area contributed by atoms with Gasteiger partial charge in [0.2, 0.25) is 0 Å². The largest absolute Gasteiger partial charge is 0.573 e. The normalized spacial score (nSPS) is 14.3. The van der Waals surface area contributed by atoms with Gasteiger partial charge in [-0.05, 0) is 23.8 Å². The topological polar surface area (TPSA) is 68.1 Å². The van der Waals surface area contributed by atoms with Crippen molar-refractivity contribution >= 4 is 0 Å². The smallest absolute Gasteiger partial charge is 0.406 e. The van der Waals surface area contributed by atoms with E-state index in [1.54, 1.807) is 18.3 Å². The van der Waals surface area contributed by atoms with Gasteiger partial charge in [0.25, 0.3) is 0 Å². The summed E-state index contributed by atoms with van der Waals surface area (Å²) in [5, 5.41) is 11.5. The summed E-state index contributed by atoms with van der Waals surface area (Å²) in [5.41, 5.74) is 0.00553. The molecule has 1 unspecified atom stereocenters. The number of aliphatic hydroxyl groups is 1. The number of halogens is 3. The van der Waals surface area contributed by atoms with Crippen molar-refractivity contribution in [3.63, 3.8) is 0 Å². The van der Waals surface area contributed by atoms with Gasteiger partial charge in [0.1, 0.15) is 5.75 Å². The molecule has 2 aromatic heterocycles. The second-order valence-electron chi connectivity index (χ2n) is 7.56. The van der Waals surface area contributed by atoms with E-state index in [9.17, 15) is 18.3 Å². The Morgan fingerprint density at radius 3 is 1.93 bits per heavy atom. The lowest BCUT2D eigenvalue weighted by Crippen LogP contribution is -2.42. The molecule has 5 nitrogen and oxygen atoms in total. The van der Waals surface area contributed by atoms with Gasteiger partial charge < -0.3 is 9.84 Å². The summed E-state index contributed by atoms with van der Waals surface area (Å²) in [5.74, 6) is -0.296. The highest BCUT2D eigenvalue weighted by atomic mass is 19.4. The quantitative estimate of drug-likeness (QED) is 0.683. The third kappa shape index (κ3) is 4.37. The number of rotatable bonds is 4. The standard InChI is InChI=1S/C21H20F3N3O2/c1-19(2,3)20(28,18-13-25-10-11-26-18)17-9-6-15(12-27-17)14-4-7-16(8-5-14)29-21(22,23)24/h4-13,28H,1-3H3. The first-order valence-electron chi connectivity index (χ1n) is 8.82. The Morgan fingerprint density at radius 2 is 1.45 bits per heavy atom. The predicted octanol–water partition coefficient (Wildman–Crippen LogP) is 4.72. The minimum Gasteiger partial charge on any atom is -0.406 e. The molecule has 0 saturated heterocycles. The monoisotopic (exact) mass is 403 g/mol. The summed E-state index contributed by atoms with van der Waals surface area (Å²) in [6.07, 6.45) is 1.35. The zero-order chi connectivity index (χ0) is 21.3. The fourth-order valence-electron chi connectivity index (χ4n) is 3.01. The summed E-state index contributed by atoms with van der Waals surface area (Å²) in [7, 11) is 0. The van der Waals surface area contributed by atoms with E-state index in [2.05, 4.69) is 19.7 Å². The van der Waals surface area contributed by atoms with Crippen LogP contribution in [0.15, 0.2) is 61.2 Å². The second-order valence-corrected chi connectivity index (χ2v) is 7.56. The van der Waals surface area contributed by atoms with Gasteiger partial charge in [-0.25, -0.2) is 0 Å². The third-order valence-corrected chi connectivity index (χ3v) is 4.57. The van der Waals surface area contributed by atoms with Crippen molar-refractivity contribution in [3.05, 3.63) is 72.6 Å². The van der Waals surface area contributed by atoms with Gasteiger partial charge in [0.15, 0.2) is 5.60 Å². The predicted molar refractivity (Wildman–Crippen MR) is 101 cm³/mol. The van der Waals surface area contributed by atoms with E-state index in [-0.39, 0.29) is 5.75 Å². The van der Waals surface area contributed by atoms with Crippen LogP contribution >= 0.6 is 0 Å². The van der Waals surface area contributed by atoms with Crippen molar-refractivity contribution in [2.24, 2.45) is 5.41 Å². The Balaban J connectivity index is 1.93. The maximum Gasteiger partial charge on any atom is 0.573 e. The van der Waals surface area contributed by atoms with E-state index in [1.807, 2.05) is 20.8 Å². The summed E-state index contributed by atoms with van der Waals surface area (Å²) in [6, 6.07) is 8.92. The Morgan fingerprint density at radius 1 is 0.793 bits per heavy atom. The Bertz CT molecular complexity index is 954. The number of ether oxygens (including phenoxy) is 1. The number of pyridine rings is 1. The first-order chi connectivity index (χ1) is 13.5. The van der Waals surface area contributed by atoms with Crippen LogP contribution in [-0.2, 0) is 5.60 Å². The maximum absolute atomic E-state index is 12.3. The number of hydrogen-bond acceptors (Lipinski definition) is 5. The molecule has 0 amide bonds. The first kappa shape index (κ1) is 20.7. The molecule has 0 spiro atoms. The van der Waals surface area contributed by atoms with E-state index in [0.29, 0.717) is 22.5 Å². The highest BCUT2D eigenvalue weighted by molar-refractivity contribution is 5.63. The molecule has 0 bridgehead atoms. The summed E-state index contributed by atoms with van der Waals surface area (Å²) < 4.78 is 40.8.